The van der Waals surface area contributed by atoms with Crippen molar-refractivity contribution in [3.8, 4) is 0 Å². The summed E-state index contributed by atoms with van der Waals surface area (Å²) in [5.74, 6) is 0. The first kappa shape index (κ1) is 16.9. The monoisotopic (exact) mass is 299 g/mol. The zero-order chi connectivity index (χ0) is 15.4. The third kappa shape index (κ3) is 5.90. The maximum atomic E-state index is 11.9. The fourth-order valence-electron chi connectivity index (χ4n) is 1.85. The summed E-state index contributed by atoms with van der Waals surface area (Å²) in [6.45, 7) is 10.4. The van der Waals surface area contributed by atoms with E-state index in [-0.39, 0.29) is 6.04 Å². The lowest BCUT2D eigenvalue weighted by Gasteiger charge is -2.21. The Labute approximate surface area is 122 Å². The van der Waals surface area contributed by atoms with Crippen molar-refractivity contribution >= 4 is 15.9 Å². The van der Waals surface area contributed by atoms with E-state index in [0.717, 1.165) is 12.1 Å². The summed E-state index contributed by atoms with van der Waals surface area (Å²) < 4.78 is 28.9. The number of benzene rings is 1. The van der Waals surface area contributed by atoms with Gasteiger partial charge in [0.15, 0.2) is 0 Å². The van der Waals surface area contributed by atoms with Gasteiger partial charge >= 0.3 is 0 Å². The predicted molar refractivity (Wildman–Crippen MR) is 84.0 cm³/mol. The molecule has 0 saturated carbocycles. The third-order valence-electron chi connectivity index (χ3n) is 2.61. The lowest BCUT2D eigenvalue weighted by molar-refractivity contribution is 0.494. The summed E-state index contributed by atoms with van der Waals surface area (Å²) in [7, 11) is -3.55. The lowest BCUT2D eigenvalue weighted by atomic mass is 10.1. The van der Waals surface area contributed by atoms with Crippen LogP contribution in [0.2, 0.25) is 0 Å². The molecule has 0 aliphatic rings. The Hall–Kier alpha value is -1.11. The van der Waals surface area contributed by atoms with Gasteiger partial charge in [0.05, 0.1) is 0 Å². The minimum absolute atomic E-state index is 0.248. The second kappa shape index (κ2) is 6.56. The molecule has 0 fully saturated rings. The van der Waals surface area contributed by atoms with Crippen molar-refractivity contribution in [1.29, 1.82) is 0 Å². The molecule has 0 aliphatic carbocycles. The minimum atomic E-state index is -3.55. The molecule has 5 nitrogen and oxygen atoms in total. The molecule has 0 bridgehead atoms. The predicted octanol–water partition coefficient (Wildman–Crippen LogP) is 2.40. The number of anilines is 1. The van der Waals surface area contributed by atoms with Crippen LogP contribution in [0.5, 0.6) is 0 Å². The van der Waals surface area contributed by atoms with Crippen molar-refractivity contribution in [2.24, 2.45) is 0 Å². The highest BCUT2D eigenvalue weighted by Crippen LogP contribution is 2.17. The molecule has 0 spiro atoms. The standard InChI is InChI=1S/C14H25N3O2S/c1-6-15-11(2)12-7-9-13(10-8-12)16-20(18,19)17-14(3,4)5/h7-11,15-17H,6H2,1-5H3. The van der Waals surface area contributed by atoms with Gasteiger partial charge in [-0.3, -0.25) is 4.72 Å². The van der Waals surface area contributed by atoms with Crippen LogP contribution in [-0.2, 0) is 10.2 Å². The molecule has 3 N–H and O–H groups in total. The van der Waals surface area contributed by atoms with E-state index in [1.54, 1.807) is 32.9 Å². The average Bonchev–Trinajstić information content (AvgIpc) is 2.26. The van der Waals surface area contributed by atoms with E-state index in [4.69, 9.17) is 0 Å². The molecule has 20 heavy (non-hydrogen) atoms. The smallest absolute Gasteiger partial charge is 0.299 e. The van der Waals surface area contributed by atoms with E-state index in [9.17, 15) is 8.42 Å². The Morgan fingerprint density at radius 2 is 1.70 bits per heavy atom. The maximum absolute atomic E-state index is 11.9. The van der Waals surface area contributed by atoms with E-state index in [1.807, 2.05) is 12.1 Å². The van der Waals surface area contributed by atoms with Crippen LogP contribution >= 0.6 is 0 Å². The van der Waals surface area contributed by atoms with Gasteiger partial charge in [0.25, 0.3) is 10.2 Å². The molecule has 114 valence electrons. The number of nitrogens with one attached hydrogen (secondary N) is 3. The van der Waals surface area contributed by atoms with Crippen molar-refractivity contribution in [2.75, 3.05) is 11.3 Å². The van der Waals surface area contributed by atoms with Crippen molar-refractivity contribution < 1.29 is 8.42 Å². The maximum Gasteiger partial charge on any atom is 0.299 e. The van der Waals surface area contributed by atoms with Gasteiger partial charge < -0.3 is 5.32 Å². The number of hydrogen-bond acceptors (Lipinski definition) is 3. The summed E-state index contributed by atoms with van der Waals surface area (Å²) in [6.07, 6.45) is 0. The van der Waals surface area contributed by atoms with Crippen molar-refractivity contribution in [3.63, 3.8) is 0 Å². The Morgan fingerprint density at radius 1 is 1.15 bits per heavy atom. The molecule has 0 amide bonds. The molecule has 6 heteroatoms. The number of rotatable bonds is 6. The van der Waals surface area contributed by atoms with Crippen LogP contribution in [0, 0.1) is 0 Å². The average molecular weight is 299 g/mol. The van der Waals surface area contributed by atoms with Gasteiger partial charge in [-0.2, -0.15) is 13.1 Å². The van der Waals surface area contributed by atoms with Gasteiger partial charge in [0, 0.05) is 17.3 Å². The minimum Gasteiger partial charge on any atom is -0.310 e. The van der Waals surface area contributed by atoms with Crippen LogP contribution in [0.1, 0.15) is 46.2 Å². The Bertz CT molecular complexity index is 518. The zero-order valence-electron chi connectivity index (χ0n) is 12.8. The van der Waals surface area contributed by atoms with Crippen LogP contribution in [0.25, 0.3) is 0 Å². The summed E-state index contributed by atoms with van der Waals surface area (Å²) in [4.78, 5) is 0. The first-order valence-electron chi connectivity index (χ1n) is 6.78. The Kier molecular flexibility index (Phi) is 5.56. The zero-order valence-corrected chi connectivity index (χ0v) is 13.6. The molecular weight excluding hydrogens is 274 g/mol. The summed E-state index contributed by atoms with van der Waals surface area (Å²) in [5.41, 5.74) is 1.17. The van der Waals surface area contributed by atoms with Crippen molar-refractivity contribution in [3.05, 3.63) is 29.8 Å². The van der Waals surface area contributed by atoms with Crippen LogP contribution in [0.3, 0.4) is 0 Å². The van der Waals surface area contributed by atoms with Crippen LogP contribution in [-0.4, -0.2) is 20.5 Å². The van der Waals surface area contributed by atoms with E-state index < -0.39 is 15.7 Å². The summed E-state index contributed by atoms with van der Waals surface area (Å²) >= 11 is 0. The fraction of sp³-hybridized carbons (Fsp3) is 0.571. The molecule has 0 heterocycles. The molecule has 0 aromatic heterocycles. The van der Waals surface area contributed by atoms with Gasteiger partial charge in [-0.05, 0) is 51.9 Å². The third-order valence-corrected chi connectivity index (χ3v) is 4.00. The largest absolute Gasteiger partial charge is 0.310 e. The topological polar surface area (TPSA) is 70.2 Å². The van der Waals surface area contributed by atoms with E-state index in [2.05, 4.69) is 28.6 Å². The van der Waals surface area contributed by atoms with Crippen molar-refractivity contribution in [2.45, 2.75) is 46.2 Å². The normalized spacial score (nSPS) is 14.1. The molecule has 0 saturated heterocycles. The van der Waals surface area contributed by atoms with Gasteiger partial charge in [-0.25, -0.2) is 0 Å². The van der Waals surface area contributed by atoms with Gasteiger partial charge in [-0.15, -0.1) is 0 Å². The highest BCUT2D eigenvalue weighted by molar-refractivity contribution is 7.90. The van der Waals surface area contributed by atoms with Crippen LogP contribution in [0.4, 0.5) is 5.69 Å². The second-order valence-corrected chi connectivity index (χ2v) is 7.27. The van der Waals surface area contributed by atoms with Crippen molar-refractivity contribution in [1.82, 2.24) is 10.0 Å². The molecule has 1 atom stereocenters. The van der Waals surface area contributed by atoms with E-state index in [1.165, 1.54) is 0 Å². The number of hydrogen-bond donors (Lipinski definition) is 3. The first-order valence-corrected chi connectivity index (χ1v) is 8.26. The lowest BCUT2D eigenvalue weighted by Crippen LogP contribution is -2.43. The molecule has 0 radical (unpaired) electrons. The second-order valence-electron chi connectivity index (χ2n) is 5.86. The van der Waals surface area contributed by atoms with Crippen LogP contribution in [0.15, 0.2) is 24.3 Å². The summed E-state index contributed by atoms with van der Waals surface area (Å²) in [6, 6.07) is 7.62. The van der Waals surface area contributed by atoms with Gasteiger partial charge in [0.1, 0.15) is 0 Å². The SMILES string of the molecule is CCNC(C)c1ccc(NS(=O)(=O)NC(C)(C)C)cc1. The van der Waals surface area contributed by atoms with E-state index in [0.29, 0.717) is 5.69 Å². The molecule has 1 unspecified atom stereocenters. The van der Waals surface area contributed by atoms with Gasteiger partial charge in [0.2, 0.25) is 0 Å². The first-order chi connectivity index (χ1) is 9.13. The molecule has 0 aliphatic heterocycles. The summed E-state index contributed by atoms with van der Waals surface area (Å²) in [5, 5.41) is 3.31. The molecule has 1 rings (SSSR count). The van der Waals surface area contributed by atoms with Crippen LogP contribution < -0.4 is 14.8 Å². The highest BCUT2D eigenvalue weighted by Gasteiger charge is 2.19. The fourth-order valence-corrected chi connectivity index (χ4v) is 3.15. The Balaban J connectivity index is 2.75. The van der Waals surface area contributed by atoms with E-state index >= 15 is 0 Å². The molecule has 1 aromatic rings. The quantitative estimate of drug-likeness (QED) is 0.755. The Morgan fingerprint density at radius 3 is 2.15 bits per heavy atom. The van der Waals surface area contributed by atoms with Gasteiger partial charge in [-0.1, -0.05) is 19.1 Å². The highest BCUT2D eigenvalue weighted by atomic mass is 32.2. The molecule has 1 aromatic carbocycles. The molecular formula is C14H25N3O2S.